The molecule has 0 aliphatic rings. The Balaban J connectivity index is 2.17. The van der Waals surface area contributed by atoms with E-state index in [0.717, 1.165) is 0 Å². The number of nitrogens with two attached hydrogens (primary N) is 1. The highest BCUT2D eigenvalue weighted by molar-refractivity contribution is 7.91. The SMILES string of the molecule is Cc1cc(CS(=O)(=O)Nc2ccc(Cl)cc2N)no1. The Labute approximate surface area is 115 Å². The fourth-order valence-electron chi connectivity index (χ4n) is 1.51. The summed E-state index contributed by atoms with van der Waals surface area (Å²) >= 11 is 5.74. The van der Waals surface area contributed by atoms with Crippen LogP contribution in [0.15, 0.2) is 28.8 Å². The van der Waals surface area contributed by atoms with Crippen molar-refractivity contribution in [2.75, 3.05) is 10.5 Å². The number of aromatic nitrogens is 1. The molecule has 0 aliphatic carbocycles. The topological polar surface area (TPSA) is 98.2 Å². The van der Waals surface area contributed by atoms with Crippen LogP contribution in [0, 0.1) is 6.92 Å². The molecule has 2 rings (SSSR count). The minimum Gasteiger partial charge on any atom is -0.397 e. The summed E-state index contributed by atoms with van der Waals surface area (Å²) in [5.41, 5.74) is 6.55. The van der Waals surface area contributed by atoms with Gasteiger partial charge >= 0.3 is 0 Å². The first-order valence-corrected chi connectivity index (χ1v) is 7.36. The largest absolute Gasteiger partial charge is 0.397 e. The number of halogens is 1. The van der Waals surface area contributed by atoms with Crippen molar-refractivity contribution in [2.45, 2.75) is 12.7 Å². The lowest BCUT2D eigenvalue weighted by atomic mass is 10.3. The van der Waals surface area contributed by atoms with Crippen LogP contribution in [0.5, 0.6) is 0 Å². The van der Waals surface area contributed by atoms with Gasteiger partial charge < -0.3 is 10.3 Å². The summed E-state index contributed by atoms with van der Waals surface area (Å²) in [6.07, 6.45) is 0. The molecule has 6 nitrogen and oxygen atoms in total. The van der Waals surface area contributed by atoms with Gasteiger partial charge in [-0.25, -0.2) is 8.42 Å². The Morgan fingerprint density at radius 1 is 1.42 bits per heavy atom. The smallest absolute Gasteiger partial charge is 0.238 e. The molecule has 1 heterocycles. The Morgan fingerprint density at radius 3 is 2.74 bits per heavy atom. The van der Waals surface area contributed by atoms with E-state index in [1.54, 1.807) is 19.1 Å². The predicted molar refractivity (Wildman–Crippen MR) is 73.4 cm³/mol. The van der Waals surface area contributed by atoms with Gasteiger partial charge in [-0.2, -0.15) is 0 Å². The number of hydrogen-bond acceptors (Lipinski definition) is 5. The monoisotopic (exact) mass is 301 g/mol. The minimum absolute atomic E-state index is 0.257. The molecule has 0 bridgehead atoms. The summed E-state index contributed by atoms with van der Waals surface area (Å²) in [5, 5.41) is 4.07. The molecule has 0 saturated heterocycles. The third-order valence-corrected chi connectivity index (χ3v) is 3.74. The molecule has 102 valence electrons. The molecule has 8 heteroatoms. The Bertz CT molecular complexity index is 697. The van der Waals surface area contributed by atoms with Gasteiger partial charge in [-0.1, -0.05) is 16.8 Å². The molecule has 0 aliphatic heterocycles. The Kier molecular flexibility index (Phi) is 3.68. The summed E-state index contributed by atoms with van der Waals surface area (Å²) in [7, 11) is -3.61. The first-order valence-electron chi connectivity index (χ1n) is 5.33. The first-order chi connectivity index (χ1) is 8.85. The first kappa shape index (κ1) is 13.7. The molecular formula is C11H12ClN3O3S. The zero-order chi connectivity index (χ0) is 14.0. The highest BCUT2D eigenvalue weighted by Crippen LogP contribution is 2.24. The van der Waals surface area contributed by atoms with Gasteiger partial charge in [-0.15, -0.1) is 0 Å². The molecule has 0 radical (unpaired) electrons. The maximum absolute atomic E-state index is 11.9. The van der Waals surface area contributed by atoms with Crippen molar-refractivity contribution in [2.24, 2.45) is 0 Å². The van der Waals surface area contributed by atoms with Gasteiger partial charge in [-0.3, -0.25) is 4.72 Å². The van der Waals surface area contributed by atoms with E-state index in [4.69, 9.17) is 21.9 Å². The molecule has 19 heavy (non-hydrogen) atoms. The van der Waals surface area contributed by atoms with E-state index in [-0.39, 0.29) is 17.1 Å². The van der Waals surface area contributed by atoms with Crippen molar-refractivity contribution >= 4 is 33.0 Å². The summed E-state index contributed by atoms with van der Waals surface area (Å²) in [4.78, 5) is 0. The second-order valence-electron chi connectivity index (χ2n) is 4.02. The molecule has 1 aromatic carbocycles. The molecule has 0 amide bonds. The van der Waals surface area contributed by atoms with Gasteiger partial charge in [-0.05, 0) is 25.1 Å². The second kappa shape index (κ2) is 5.10. The third kappa shape index (κ3) is 3.62. The highest BCUT2D eigenvalue weighted by Gasteiger charge is 2.16. The lowest BCUT2D eigenvalue weighted by Crippen LogP contribution is -2.16. The fraction of sp³-hybridized carbons (Fsp3) is 0.182. The zero-order valence-electron chi connectivity index (χ0n) is 10.1. The molecule has 3 N–H and O–H groups in total. The van der Waals surface area contributed by atoms with Crippen LogP contribution in [0.25, 0.3) is 0 Å². The van der Waals surface area contributed by atoms with Crippen molar-refractivity contribution in [1.82, 2.24) is 5.16 Å². The molecular weight excluding hydrogens is 290 g/mol. The van der Waals surface area contributed by atoms with Gasteiger partial charge in [0.2, 0.25) is 10.0 Å². The molecule has 0 atom stereocenters. The van der Waals surface area contributed by atoms with Gasteiger partial charge in [0, 0.05) is 11.1 Å². The third-order valence-electron chi connectivity index (χ3n) is 2.29. The number of aryl methyl sites for hydroxylation is 1. The van der Waals surface area contributed by atoms with Crippen LogP contribution in [-0.2, 0) is 15.8 Å². The van der Waals surface area contributed by atoms with Crippen LogP contribution in [0.4, 0.5) is 11.4 Å². The van der Waals surface area contributed by atoms with E-state index < -0.39 is 10.0 Å². The van der Waals surface area contributed by atoms with Crippen molar-refractivity contribution in [3.63, 3.8) is 0 Å². The van der Waals surface area contributed by atoms with Crippen LogP contribution in [0.1, 0.15) is 11.5 Å². The average Bonchev–Trinajstić information content (AvgIpc) is 2.67. The van der Waals surface area contributed by atoms with Gasteiger partial charge in [0.1, 0.15) is 17.2 Å². The van der Waals surface area contributed by atoms with Crippen LogP contribution >= 0.6 is 11.6 Å². The number of rotatable bonds is 4. The number of hydrogen-bond donors (Lipinski definition) is 2. The van der Waals surface area contributed by atoms with Crippen molar-refractivity contribution in [3.8, 4) is 0 Å². The van der Waals surface area contributed by atoms with E-state index in [1.165, 1.54) is 12.1 Å². The van der Waals surface area contributed by atoms with E-state index in [0.29, 0.717) is 16.5 Å². The molecule has 0 saturated carbocycles. The van der Waals surface area contributed by atoms with E-state index in [9.17, 15) is 8.42 Å². The maximum Gasteiger partial charge on any atom is 0.238 e. The van der Waals surface area contributed by atoms with Crippen LogP contribution in [0.2, 0.25) is 5.02 Å². The second-order valence-corrected chi connectivity index (χ2v) is 6.18. The van der Waals surface area contributed by atoms with Crippen LogP contribution in [0.3, 0.4) is 0 Å². The standard InChI is InChI=1S/C11H12ClN3O3S/c1-7-4-9(14-18-7)6-19(16,17)15-11-3-2-8(12)5-10(11)13/h2-5,15H,6,13H2,1H3. The normalized spacial score (nSPS) is 11.5. The van der Waals surface area contributed by atoms with Crippen LogP contribution < -0.4 is 10.5 Å². The number of benzene rings is 1. The van der Waals surface area contributed by atoms with Gasteiger partial charge in [0.05, 0.1) is 11.4 Å². The fourth-order valence-corrected chi connectivity index (χ4v) is 2.81. The van der Waals surface area contributed by atoms with Crippen molar-refractivity contribution < 1.29 is 12.9 Å². The number of nitrogen functional groups attached to an aromatic ring is 1. The quantitative estimate of drug-likeness (QED) is 0.843. The lowest BCUT2D eigenvalue weighted by molar-refractivity contribution is 0.392. The van der Waals surface area contributed by atoms with Crippen molar-refractivity contribution in [1.29, 1.82) is 0 Å². The molecule has 2 aromatic rings. The summed E-state index contributed by atoms with van der Waals surface area (Å²) in [6, 6.07) is 6.09. The van der Waals surface area contributed by atoms with Crippen molar-refractivity contribution in [3.05, 3.63) is 40.7 Å². The maximum atomic E-state index is 11.9. The number of nitrogens with one attached hydrogen (secondary N) is 1. The molecule has 1 aromatic heterocycles. The highest BCUT2D eigenvalue weighted by atomic mass is 35.5. The van der Waals surface area contributed by atoms with Gasteiger partial charge in [0.25, 0.3) is 0 Å². The number of anilines is 2. The summed E-state index contributed by atoms with van der Waals surface area (Å²) in [6.45, 7) is 1.69. The molecule has 0 spiro atoms. The van der Waals surface area contributed by atoms with E-state index in [1.807, 2.05) is 0 Å². The Morgan fingerprint density at radius 2 is 2.16 bits per heavy atom. The summed E-state index contributed by atoms with van der Waals surface area (Å²) in [5.74, 6) is 0.267. The average molecular weight is 302 g/mol. The zero-order valence-corrected chi connectivity index (χ0v) is 11.6. The summed E-state index contributed by atoms with van der Waals surface area (Å²) < 4.78 is 31.1. The van der Waals surface area contributed by atoms with E-state index >= 15 is 0 Å². The minimum atomic E-state index is -3.61. The van der Waals surface area contributed by atoms with Gasteiger partial charge in [0.15, 0.2) is 0 Å². The number of nitrogens with zero attached hydrogens (tertiary/aromatic N) is 1. The van der Waals surface area contributed by atoms with E-state index in [2.05, 4.69) is 9.88 Å². The molecule has 0 unspecified atom stereocenters. The van der Waals surface area contributed by atoms with Crippen LogP contribution in [-0.4, -0.2) is 13.6 Å². The molecule has 0 fully saturated rings. The lowest BCUT2D eigenvalue weighted by Gasteiger charge is -2.09. The number of sulfonamides is 1. The predicted octanol–water partition coefficient (Wildman–Crippen LogP) is 2.16. The Hall–Kier alpha value is -1.73.